The van der Waals surface area contributed by atoms with Gasteiger partial charge in [0.2, 0.25) is 0 Å². The van der Waals surface area contributed by atoms with Gasteiger partial charge >= 0.3 is 0 Å². The van der Waals surface area contributed by atoms with Crippen molar-refractivity contribution in [1.29, 1.82) is 0 Å². The molecular weight excluding hydrogens is 278 g/mol. The molecule has 0 bridgehead atoms. The summed E-state index contributed by atoms with van der Waals surface area (Å²) in [6, 6.07) is 9.34. The third-order valence-electron chi connectivity index (χ3n) is 4.11. The molecule has 0 N–H and O–H groups in total. The van der Waals surface area contributed by atoms with Crippen molar-refractivity contribution >= 4 is 16.8 Å². The maximum absolute atomic E-state index is 12.2. The summed E-state index contributed by atoms with van der Waals surface area (Å²) < 4.78 is 7.84. The minimum Gasteiger partial charge on any atom is -0.454 e. The number of aryl methyl sites for hydroxylation is 2. The Kier molecular flexibility index (Phi) is 2.66. The Labute approximate surface area is 126 Å². The lowest BCUT2D eigenvalue weighted by atomic mass is 10.0. The normalized spacial score (nSPS) is 12.7. The van der Waals surface area contributed by atoms with Crippen molar-refractivity contribution in [3.05, 3.63) is 70.5 Å². The van der Waals surface area contributed by atoms with Crippen molar-refractivity contribution in [2.75, 3.05) is 0 Å². The lowest BCUT2D eigenvalue weighted by Gasteiger charge is -2.18. The molecule has 4 nitrogen and oxygen atoms in total. The fourth-order valence-corrected chi connectivity index (χ4v) is 3.04. The largest absolute Gasteiger partial charge is 0.454 e. The van der Waals surface area contributed by atoms with E-state index in [1.807, 2.05) is 28.8 Å². The zero-order valence-corrected chi connectivity index (χ0v) is 11.8. The van der Waals surface area contributed by atoms with E-state index in [4.69, 9.17) is 4.42 Å². The van der Waals surface area contributed by atoms with Crippen molar-refractivity contribution < 1.29 is 9.21 Å². The second-order valence-electron chi connectivity index (χ2n) is 5.35. The molecule has 0 unspecified atom stereocenters. The average Bonchev–Trinajstić information content (AvgIpc) is 2.92. The number of rotatable bonds is 2. The third-order valence-corrected chi connectivity index (χ3v) is 4.11. The van der Waals surface area contributed by atoms with E-state index < -0.39 is 0 Å². The molecule has 4 rings (SSSR count). The molecule has 0 aliphatic carbocycles. The highest BCUT2D eigenvalue weighted by atomic mass is 16.3. The molecule has 0 radical (unpaired) electrons. The van der Waals surface area contributed by atoms with Gasteiger partial charge in [0.05, 0.1) is 11.3 Å². The Balaban J connectivity index is 1.99. The van der Waals surface area contributed by atoms with E-state index in [0.29, 0.717) is 6.54 Å². The summed E-state index contributed by atoms with van der Waals surface area (Å²) >= 11 is 0. The summed E-state index contributed by atoms with van der Waals surface area (Å²) in [6.45, 7) is 4.15. The van der Waals surface area contributed by atoms with Crippen molar-refractivity contribution in [1.82, 2.24) is 4.57 Å². The number of carbonyl (C=O) groups excluding carboxylic acids is 1. The van der Waals surface area contributed by atoms with Crippen LogP contribution in [0.3, 0.4) is 0 Å². The number of hydrogen-bond acceptors (Lipinski definition) is 3. The van der Waals surface area contributed by atoms with E-state index in [-0.39, 0.29) is 16.8 Å². The molecular formula is C18H13NO3. The Hall–Kier alpha value is -2.88. The summed E-state index contributed by atoms with van der Waals surface area (Å²) in [4.78, 5) is 23.9. The topological polar surface area (TPSA) is 52.2 Å². The highest BCUT2D eigenvalue weighted by molar-refractivity contribution is 6.04. The number of allylic oxidation sites excluding steroid dienone is 1. The average molecular weight is 291 g/mol. The minimum absolute atomic E-state index is 0.151. The second-order valence-corrected chi connectivity index (χ2v) is 5.35. The smallest absolute Gasteiger partial charge is 0.193 e. The van der Waals surface area contributed by atoms with Crippen LogP contribution in [0.25, 0.3) is 22.4 Å². The molecule has 2 aromatic heterocycles. The van der Waals surface area contributed by atoms with Crippen LogP contribution in [-0.2, 0) is 13.0 Å². The van der Waals surface area contributed by atoms with Gasteiger partial charge in [-0.3, -0.25) is 9.59 Å². The number of para-hydroxylation sites is 1. The molecule has 22 heavy (non-hydrogen) atoms. The van der Waals surface area contributed by atoms with Crippen LogP contribution in [0.1, 0.15) is 15.9 Å². The van der Waals surface area contributed by atoms with Crippen LogP contribution in [0.15, 0.2) is 58.4 Å². The number of furan rings is 1. The summed E-state index contributed by atoms with van der Waals surface area (Å²) in [5.74, 6) is 0.373. The van der Waals surface area contributed by atoms with Crippen molar-refractivity contribution in [2.24, 2.45) is 0 Å². The van der Waals surface area contributed by atoms with E-state index in [9.17, 15) is 9.59 Å². The number of hydrogen-bond donors (Lipinski definition) is 0. The Morgan fingerprint density at radius 1 is 1.32 bits per heavy atom. The first-order valence-corrected chi connectivity index (χ1v) is 7.11. The van der Waals surface area contributed by atoms with Crippen molar-refractivity contribution in [3.8, 4) is 11.5 Å². The van der Waals surface area contributed by atoms with Gasteiger partial charge in [-0.1, -0.05) is 24.8 Å². The lowest BCUT2D eigenvalue weighted by molar-refractivity contribution is 0.104. The van der Waals surface area contributed by atoms with Crippen LogP contribution in [0, 0.1) is 0 Å². The molecule has 0 amide bonds. The van der Waals surface area contributed by atoms with Gasteiger partial charge in [-0.15, -0.1) is 0 Å². The number of fused-ring (bicyclic) bond motifs is 5. The molecule has 3 aromatic rings. The molecule has 0 saturated carbocycles. The van der Waals surface area contributed by atoms with Gasteiger partial charge in [0.25, 0.3) is 0 Å². The zero-order valence-electron chi connectivity index (χ0n) is 11.8. The SMILES string of the molecule is C=CC(=O)c1cn2c(cc1=O)-c1oc3ccccc3c1CC2. The van der Waals surface area contributed by atoms with Crippen molar-refractivity contribution in [2.45, 2.75) is 13.0 Å². The van der Waals surface area contributed by atoms with Crippen LogP contribution in [0.4, 0.5) is 0 Å². The second kappa shape index (κ2) is 4.56. The molecule has 1 aliphatic heterocycles. The Morgan fingerprint density at radius 3 is 2.95 bits per heavy atom. The zero-order chi connectivity index (χ0) is 15.3. The summed E-state index contributed by atoms with van der Waals surface area (Å²) in [5, 5.41) is 1.09. The van der Waals surface area contributed by atoms with Gasteiger partial charge in [0.1, 0.15) is 5.58 Å². The van der Waals surface area contributed by atoms with Gasteiger partial charge in [-0.2, -0.15) is 0 Å². The monoisotopic (exact) mass is 291 g/mol. The summed E-state index contributed by atoms with van der Waals surface area (Å²) in [6.07, 6.45) is 3.58. The van der Waals surface area contributed by atoms with E-state index in [0.717, 1.165) is 34.4 Å². The van der Waals surface area contributed by atoms with Gasteiger partial charge in [0, 0.05) is 29.8 Å². The van der Waals surface area contributed by atoms with E-state index in [2.05, 4.69) is 6.58 Å². The van der Waals surface area contributed by atoms with Gasteiger partial charge in [0.15, 0.2) is 17.0 Å². The number of pyridine rings is 1. The van der Waals surface area contributed by atoms with Crippen LogP contribution in [0.5, 0.6) is 0 Å². The number of aromatic nitrogens is 1. The van der Waals surface area contributed by atoms with Gasteiger partial charge in [-0.25, -0.2) is 0 Å². The summed E-state index contributed by atoms with van der Waals surface area (Å²) in [7, 11) is 0. The fourth-order valence-electron chi connectivity index (χ4n) is 3.04. The molecule has 4 heteroatoms. The maximum Gasteiger partial charge on any atom is 0.193 e. The quantitative estimate of drug-likeness (QED) is 0.538. The molecule has 1 aliphatic rings. The molecule has 0 fully saturated rings. The molecule has 0 saturated heterocycles. The first kappa shape index (κ1) is 12.8. The first-order chi connectivity index (χ1) is 10.7. The predicted molar refractivity (Wildman–Crippen MR) is 84.1 cm³/mol. The van der Waals surface area contributed by atoms with Crippen LogP contribution in [-0.4, -0.2) is 10.4 Å². The molecule has 0 atom stereocenters. The van der Waals surface area contributed by atoms with Gasteiger partial charge in [-0.05, 0) is 18.6 Å². The standard InChI is InChI=1S/C18H13NO3/c1-2-15(20)13-10-19-8-7-12-11-5-3-4-6-17(11)22-18(12)14(19)9-16(13)21/h2-6,9-10H,1,7-8H2. The highest BCUT2D eigenvalue weighted by Gasteiger charge is 2.24. The molecule has 1 aromatic carbocycles. The van der Waals surface area contributed by atoms with Crippen LogP contribution >= 0.6 is 0 Å². The van der Waals surface area contributed by atoms with E-state index >= 15 is 0 Å². The maximum atomic E-state index is 12.2. The van der Waals surface area contributed by atoms with Crippen molar-refractivity contribution in [3.63, 3.8) is 0 Å². The number of carbonyl (C=O) groups is 1. The summed E-state index contributed by atoms with van der Waals surface area (Å²) in [5.41, 5.74) is 2.52. The lowest BCUT2D eigenvalue weighted by Crippen LogP contribution is -2.20. The number of benzene rings is 1. The predicted octanol–water partition coefficient (Wildman–Crippen LogP) is 3.19. The van der Waals surface area contributed by atoms with E-state index in [1.54, 1.807) is 6.20 Å². The first-order valence-electron chi connectivity index (χ1n) is 7.11. The highest BCUT2D eigenvalue weighted by Crippen LogP contribution is 2.36. The Bertz CT molecular complexity index is 991. The Morgan fingerprint density at radius 2 is 2.14 bits per heavy atom. The fraction of sp³-hybridized carbons (Fsp3) is 0.111. The molecule has 3 heterocycles. The van der Waals surface area contributed by atoms with Crippen LogP contribution < -0.4 is 5.43 Å². The third kappa shape index (κ3) is 1.70. The number of ketones is 1. The van der Waals surface area contributed by atoms with Crippen LogP contribution in [0.2, 0.25) is 0 Å². The molecule has 108 valence electrons. The van der Waals surface area contributed by atoms with Gasteiger partial charge < -0.3 is 8.98 Å². The molecule has 0 spiro atoms. The minimum atomic E-state index is -0.351. The van der Waals surface area contributed by atoms with E-state index in [1.165, 1.54) is 12.1 Å². The number of nitrogens with zero attached hydrogens (tertiary/aromatic N) is 1.